The lowest BCUT2D eigenvalue weighted by Gasteiger charge is -2.09. The van der Waals surface area contributed by atoms with E-state index >= 15 is 0 Å². The second kappa shape index (κ2) is 10.5. The summed E-state index contributed by atoms with van der Waals surface area (Å²) in [5.41, 5.74) is 1.95. The van der Waals surface area contributed by atoms with Crippen LogP contribution in [0.4, 0.5) is 13.2 Å². The molecule has 0 heterocycles. The Morgan fingerprint density at radius 2 is 1.54 bits per heavy atom. The molecule has 2 N–H and O–H groups in total. The quantitative estimate of drug-likeness (QED) is 0.686. The van der Waals surface area contributed by atoms with Gasteiger partial charge in [0.15, 0.2) is 0 Å². The summed E-state index contributed by atoms with van der Waals surface area (Å²) in [6.45, 7) is -0.914. The summed E-state index contributed by atoms with van der Waals surface area (Å²) in [4.78, 5) is 23.7. The monoisotopic (exact) mass is 394 g/mol. The van der Waals surface area contributed by atoms with Crippen molar-refractivity contribution >= 4 is 11.8 Å². The van der Waals surface area contributed by atoms with Crippen molar-refractivity contribution < 1.29 is 27.5 Å². The first-order valence-corrected chi connectivity index (χ1v) is 8.66. The van der Waals surface area contributed by atoms with Crippen molar-refractivity contribution in [3.05, 3.63) is 71.3 Å². The second-order valence-corrected chi connectivity index (χ2v) is 6.07. The van der Waals surface area contributed by atoms with E-state index in [1.807, 2.05) is 6.07 Å². The highest BCUT2D eigenvalue weighted by molar-refractivity contribution is 5.94. The zero-order valence-corrected chi connectivity index (χ0v) is 15.1. The van der Waals surface area contributed by atoms with Crippen LogP contribution in [0, 0.1) is 0 Å². The van der Waals surface area contributed by atoms with Gasteiger partial charge in [0, 0.05) is 25.1 Å². The van der Waals surface area contributed by atoms with Gasteiger partial charge in [-0.2, -0.15) is 13.2 Å². The van der Waals surface area contributed by atoms with Crippen LogP contribution in [-0.2, 0) is 22.7 Å². The molecule has 2 rings (SSSR count). The van der Waals surface area contributed by atoms with Crippen LogP contribution in [0.3, 0.4) is 0 Å². The average Bonchev–Trinajstić information content (AvgIpc) is 2.67. The number of rotatable bonds is 9. The number of hydrogen-bond donors (Lipinski definition) is 2. The van der Waals surface area contributed by atoms with Crippen LogP contribution >= 0.6 is 0 Å². The third-order valence-electron chi connectivity index (χ3n) is 3.72. The predicted octanol–water partition coefficient (Wildman–Crippen LogP) is 3.20. The van der Waals surface area contributed by atoms with Crippen molar-refractivity contribution in [2.24, 2.45) is 0 Å². The summed E-state index contributed by atoms with van der Waals surface area (Å²) in [7, 11) is 0. The summed E-state index contributed by atoms with van der Waals surface area (Å²) >= 11 is 0. The van der Waals surface area contributed by atoms with E-state index in [0.717, 1.165) is 5.56 Å². The molecule has 2 amide bonds. The van der Waals surface area contributed by atoms with Crippen molar-refractivity contribution in [3.8, 4) is 0 Å². The van der Waals surface area contributed by atoms with E-state index in [1.165, 1.54) is 0 Å². The van der Waals surface area contributed by atoms with Crippen molar-refractivity contribution in [2.75, 3.05) is 13.2 Å². The van der Waals surface area contributed by atoms with Gasteiger partial charge in [-0.05, 0) is 23.3 Å². The Morgan fingerprint density at radius 3 is 2.18 bits per heavy atom. The Hall–Kier alpha value is -2.87. The van der Waals surface area contributed by atoms with Gasteiger partial charge >= 0.3 is 6.18 Å². The molecule has 0 saturated carbocycles. The van der Waals surface area contributed by atoms with Gasteiger partial charge in [-0.1, -0.05) is 42.5 Å². The standard InChI is InChI=1S/C20H21F3N2O3/c21-20(22,23)14-28-13-16-8-6-15(7-9-16)12-25-18(26)10-11-24-19(27)17-4-2-1-3-5-17/h1-9H,10-14H2,(H,24,27)(H,25,26). The van der Waals surface area contributed by atoms with Gasteiger partial charge < -0.3 is 15.4 Å². The van der Waals surface area contributed by atoms with Gasteiger partial charge in [0.2, 0.25) is 5.91 Å². The van der Waals surface area contributed by atoms with E-state index in [1.54, 1.807) is 48.5 Å². The molecule has 0 fully saturated rings. The molecule has 5 nitrogen and oxygen atoms in total. The minimum Gasteiger partial charge on any atom is -0.367 e. The van der Waals surface area contributed by atoms with Gasteiger partial charge in [0.05, 0.1) is 6.61 Å². The topological polar surface area (TPSA) is 67.4 Å². The number of ether oxygens (including phenoxy) is 1. The molecule has 2 aromatic carbocycles. The van der Waals surface area contributed by atoms with Crippen LogP contribution in [0.25, 0.3) is 0 Å². The number of nitrogens with one attached hydrogen (secondary N) is 2. The summed E-state index contributed by atoms with van der Waals surface area (Å²) in [5, 5.41) is 5.40. The highest BCUT2D eigenvalue weighted by atomic mass is 19.4. The Morgan fingerprint density at radius 1 is 0.893 bits per heavy atom. The molecule has 0 bridgehead atoms. The minimum atomic E-state index is -4.34. The molecule has 0 spiro atoms. The summed E-state index contributed by atoms with van der Waals surface area (Å²) < 4.78 is 40.7. The SMILES string of the molecule is O=C(CCNC(=O)c1ccccc1)NCc1ccc(COCC(F)(F)F)cc1. The zero-order chi connectivity index (χ0) is 20.4. The molecule has 2 aromatic rings. The van der Waals surface area contributed by atoms with E-state index < -0.39 is 12.8 Å². The summed E-state index contributed by atoms with van der Waals surface area (Å²) in [6.07, 6.45) is -4.20. The normalized spacial score (nSPS) is 11.1. The highest BCUT2D eigenvalue weighted by Crippen LogP contribution is 2.15. The number of carbonyl (C=O) groups is 2. The maximum Gasteiger partial charge on any atom is 0.411 e. The Bertz CT molecular complexity index is 763. The number of halogens is 3. The molecule has 28 heavy (non-hydrogen) atoms. The van der Waals surface area contributed by atoms with Crippen LogP contribution in [0.1, 0.15) is 27.9 Å². The lowest BCUT2D eigenvalue weighted by atomic mass is 10.1. The third kappa shape index (κ3) is 8.22. The fourth-order valence-electron chi connectivity index (χ4n) is 2.31. The van der Waals surface area contributed by atoms with Gasteiger partial charge in [-0.15, -0.1) is 0 Å². The molecular weight excluding hydrogens is 373 g/mol. The molecule has 0 aliphatic heterocycles. The first-order chi connectivity index (χ1) is 13.3. The summed E-state index contributed by atoms with van der Waals surface area (Å²) in [5.74, 6) is -0.456. The number of amides is 2. The van der Waals surface area contributed by atoms with Crippen LogP contribution in [0.5, 0.6) is 0 Å². The van der Waals surface area contributed by atoms with Gasteiger partial charge in [0.25, 0.3) is 5.91 Å². The second-order valence-electron chi connectivity index (χ2n) is 6.07. The molecule has 0 aliphatic carbocycles. The van der Waals surface area contributed by atoms with Crippen molar-refractivity contribution in [1.29, 1.82) is 0 Å². The van der Waals surface area contributed by atoms with Gasteiger partial charge in [0.1, 0.15) is 6.61 Å². The fraction of sp³-hybridized carbons (Fsp3) is 0.300. The fourth-order valence-corrected chi connectivity index (χ4v) is 2.31. The lowest BCUT2D eigenvalue weighted by molar-refractivity contribution is -0.176. The zero-order valence-electron chi connectivity index (χ0n) is 15.1. The first kappa shape index (κ1) is 21.4. The minimum absolute atomic E-state index is 0.132. The van der Waals surface area contributed by atoms with Gasteiger partial charge in [-0.3, -0.25) is 9.59 Å². The largest absolute Gasteiger partial charge is 0.411 e. The molecule has 8 heteroatoms. The van der Waals surface area contributed by atoms with Crippen LogP contribution in [0.2, 0.25) is 0 Å². The maximum absolute atomic E-state index is 12.0. The molecule has 0 aromatic heterocycles. The van der Waals surface area contributed by atoms with Crippen molar-refractivity contribution in [1.82, 2.24) is 10.6 Å². The molecule has 0 aliphatic rings. The number of benzene rings is 2. The number of carbonyl (C=O) groups excluding carboxylic acids is 2. The Balaban J connectivity index is 1.65. The predicted molar refractivity (Wildman–Crippen MR) is 97.4 cm³/mol. The van der Waals surface area contributed by atoms with Crippen LogP contribution < -0.4 is 10.6 Å². The smallest absolute Gasteiger partial charge is 0.367 e. The molecule has 0 radical (unpaired) electrons. The highest BCUT2D eigenvalue weighted by Gasteiger charge is 2.27. The number of alkyl halides is 3. The van der Waals surface area contributed by atoms with Gasteiger partial charge in [-0.25, -0.2) is 0 Å². The molecule has 0 unspecified atom stereocenters. The van der Waals surface area contributed by atoms with Crippen LogP contribution in [-0.4, -0.2) is 31.1 Å². The van der Waals surface area contributed by atoms with Crippen molar-refractivity contribution in [3.63, 3.8) is 0 Å². The van der Waals surface area contributed by atoms with Crippen LogP contribution in [0.15, 0.2) is 54.6 Å². The first-order valence-electron chi connectivity index (χ1n) is 8.66. The van der Waals surface area contributed by atoms with E-state index in [2.05, 4.69) is 15.4 Å². The van der Waals surface area contributed by atoms with E-state index in [4.69, 9.17) is 0 Å². The molecule has 0 saturated heterocycles. The summed E-state index contributed by atoms with van der Waals surface area (Å²) in [6, 6.07) is 15.4. The lowest BCUT2D eigenvalue weighted by Crippen LogP contribution is -2.30. The molecule has 150 valence electrons. The van der Waals surface area contributed by atoms with E-state index in [9.17, 15) is 22.8 Å². The van der Waals surface area contributed by atoms with E-state index in [-0.39, 0.29) is 37.9 Å². The van der Waals surface area contributed by atoms with E-state index in [0.29, 0.717) is 11.1 Å². The Labute approximate surface area is 160 Å². The number of hydrogen-bond acceptors (Lipinski definition) is 3. The average molecular weight is 394 g/mol. The maximum atomic E-state index is 12.0. The third-order valence-corrected chi connectivity index (χ3v) is 3.72. The Kier molecular flexibility index (Phi) is 8.01. The molecule has 0 atom stereocenters. The molecular formula is C20H21F3N2O3. The van der Waals surface area contributed by atoms with Crippen molar-refractivity contribution in [2.45, 2.75) is 25.7 Å².